The molecule has 0 atom stereocenters. The van der Waals surface area contributed by atoms with Gasteiger partial charge in [-0.05, 0) is 41.0 Å². The third-order valence-electron chi connectivity index (χ3n) is 5.09. The molecule has 4 aromatic rings. The van der Waals surface area contributed by atoms with Crippen LogP contribution in [0.2, 0.25) is 5.02 Å². The molecule has 0 fully saturated rings. The molecule has 0 radical (unpaired) electrons. The number of halogens is 1. The molecule has 0 spiro atoms. The van der Waals surface area contributed by atoms with Crippen molar-refractivity contribution in [1.82, 2.24) is 10.1 Å². The zero-order valence-corrected chi connectivity index (χ0v) is 19.7. The fraction of sp³-hybridized carbons (Fsp3) is 0.167. The number of carbonyl (C=O) groups excluding carboxylic acids is 1. The maximum atomic E-state index is 12.6. The van der Waals surface area contributed by atoms with Gasteiger partial charge in [0.15, 0.2) is 6.20 Å². The first-order chi connectivity index (χ1) is 16.6. The van der Waals surface area contributed by atoms with Gasteiger partial charge >= 0.3 is 5.88 Å². The molecule has 1 aliphatic rings. The van der Waals surface area contributed by atoms with Crippen LogP contribution in [0.25, 0.3) is 22.9 Å². The lowest BCUT2D eigenvalue weighted by Gasteiger charge is -2.09. The van der Waals surface area contributed by atoms with Crippen LogP contribution in [0.4, 0.5) is 5.69 Å². The highest BCUT2D eigenvalue weighted by Gasteiger charge is 2.28. The Labute approximate surface area is 204 Å². The van der Waals surface area contributed by atoms with Crippen molar-refractivity contribution < 1.29 is 23.6 Å². The zero-order chi connectivity index (χ0) is 23.5. The molecule has 1 aliphatic heterocycles. The molecular weight excluding hydrogens is 476 g/mol. The van der Waals surface area contributed by atoms with Crippen LogP contribution in [0.1, 0.15) is 23.8 Å². The summed E-state index contributed by atoms with van der Waals surface area (Å²) in [4.78, 5) is 17.7. The molecule has 10 heteroatoms. The zero-order valence-electron chi connectivity index (χ0n) is 18.2. The first-order valence-corrected chi connectivity index (χ1v) is 11.9. The molecular formula is C24H20ClN4O4S+. The summed E-state index contributed by atoms with van der Waals surface area (Å²) in [7, 11) is 0. The van der Waals surface area contributed by atoms with Gasteiger partial charge in [-0.2, -0.15) is 0 Å². The molecule has 34 heavy (non-hydrogen) atoms. The summed E-state index contributed by atoms with van der Waals surface area (Å²) in [5, 5.41) is 7.22. The fourth-order valence-corrected chi connectivity index (χ4v) is 4.24. The minimum Gasteiger partial charge on any atom is -0.488 e. The van der Waals surface area contributed by atoms with Crippen LogP contribution >= 0.6 is 22.9 Å². The molecule has 0 bridgehead atoms. The third kappa shape index (κ3) is 4.66. The number of fused-ring (bicyclic) bond motifs is 1. The molecule has 8 nitrogen and oxygen atoms in total. The molecule has 2 aromatic heterocycles. The Hall–Kier alpha value is -3.69. The number of benzene rings is 2. The first kappa shape index (κ1) is 22.1. The number of thiazole rings is 1. The van der Waals surface area contributed by atoms with Crippen molar-refractivity contribution in [3.05, 3.63) is 69.8 Å². The Kier molecular flexibility index (Phi) is 6.29. The van der Waals surface area contributed by atoms with Crippen LogP contribution < -0.4 is 19.5 Å². The Balaban J connectivity index is 1.40. The lowest BCUT2D eigenvalue weighted by Crippen LogP contribution is -2.23. The lowest BCUT2D eigenvalue weighted by atomic mass is 9.99. The first-order valence-electron chi connectivity index (χ1n) is 10.6. The quantitative estimate of drug-likeness (QED) is 0.271. The number of aromatic nitrogens is 3. The molecule has 1 amide bonds. The Morgan fingerprint density at radius 1 is 1.21 bits per heavy atom. The monoisotopic (exact) mass is 495 g/mol. The number of nitrogens with one attached hydrogen (secondary N) is 1. The van der Waals surface area contributed by atoms with Gasteiger partial charge in [0.05, 0.1) is 33.3 Å². The van der Waals surface area contributed by atoms with Gasteiger partial charge in [0.2, 0.25) is 11.4 Å². The molecule has 3 heterocycles. The van der Waals surface area contributed by atoms with E-state index in [1.165, 1.54) is 4.74 Å². The van der Waals surface area contributed by atoms with Crippen LogP contribution in [-0.4, -0.2) is 22.7 Å². The highest BCUT2D eigenvalue weighted by Crippen LogP contribution is 2.40. The van der Waals surface area contributed by atoms with Crippen molar-refractivity contribution in [2.45, 2.75) is 20.0 Å². The molecule has 5 rings (SSSR count). The highest BCUT2D eigenvalue weighted by atomic mass is 35.5. The number of anilines is 1. The number of nitrogens with zero attached hydrogens (tertiary/aromatic N) is 3. The van der Waals surface area contributed by atoms with Crippen LogP contribution in [0.3, 0.4) is 0 Å². The summed E-state index contributed by atoms with van der Waals surface area (Å²) in [6, 6.07) is 11.3. The highest BCUT2D eigenvalue weighted by molar-refractivity contribution is 7.09. The minimum atomic E-state index is -0.255. The van der Waals surface area contributed by atoms with E-state index < -0.39 is 0 Å². The number of rotatable bonds is 8. The van der Waals surface area contributed by atoms with Crippen LogP contribution in [0.5, 0.6) is 11.6 Å². The van der Waals surface area contributed by atoms with Gasteiger partial charge in [0.25, 0.3) is 5.91 Å². The normalized spacial score (nSPS) is 13.7. The molecule has 0 unspecified atom stereocenters. The van der Waals surface area contributed by atoms with Crippen LogP contribution in [0.15, 0.2) is 58.9 Å². The number of amides is 1. The second-order valence-corrected chi connectivity index (χ2v) is 8.88. The summed E-state index contributed by atoms with van der Waals surface area (Å²) < 4.78 is 17.8. The Morgan fingerprint density at radius 2 is 2.06 bits per heavy atom. The molecule has 172 valence electrons. The van der Waals surface area contributed by atoms with Crippen molar-refractivity contribution in [1.29, 1.82) is 0 Å². The largest absolute Gasteiger partial charge is 0.488 e. The lowest BCUT2D eigenvalue weighted by molar-refractivity contribution is -0.772. The molecule has 2 aromatic carbocycles. The van der Waals surface area contributed by atoms with Gasteiger partial charge in [-0.25, -0.2) is 0 Å². The number of carbonyl (C=O) groups is 1. The van der Waals surface area contributed by atoms with E-state index in [-0.39, 0.29) is 5.91 Å². The third-order valence-corrected chi connectivity index (χ3v) is 6.16. The predicted octanol–water partition coefficient (Wildman–Crippen LogP) is 5.06. The van der Waals surface area contributed by atoms with E-state index in [9.17, 15) is 4.79 Å². The fourth-order valence-electron chi connectivity index (χ4n) is 3.46. The molecule has 0 saturated heterocycles. The standard InChI is InChI=1S/C24H19ClN4O4S/c1-2-7-31-23-12-29(33-28-23)11-20-19-8-18(21(25)9-22(19)27-24(20)30)15-3-5-16(6-4-15)32-13-17-10-26-14-34-17/h3-6,8-12,14H,2,7,13H2,1H3/p+1. The maximum absolute atomic E-state index is 12.6. The summed E-state index contributed by atoms with van der Waals surface area (Å²) >= 11 is 8.11. The van der Waals surface area contributed by atoms with Gasteiger partial charge in [-0.3, -0.25) is 9.78 Å². The molecule has 0 saturated carbocycles. The van der Waals surface area contributed by atoms with Gasteiger partial charge in [0, 0.05) is 17.3 Å². The molecule has 0 aliphatic carbocycles. The summed E-state index contributed by atoms with van der Waals surface area (Å²) in [6.07, 6.45) is 5.79. The van der Waals surface area contributed by atoms with Gasteiger partial charge in [0.1, 0.15) is 12.4 Å². The van der Waals surface area contributed by atoms with E-state index in [2.05, 4.69) is 15.5 Å². The summed E-state index contributed by atoms with van der Waals surface area (Å²) in [6.45, 7) is 3.00. The number of hydrogen-bond donors (Lipinski definition) is 1. The van der Waals surface area contributed by atoms with Crippen molar-refractivity contribution in [3.63, 3.8) is 0 Å². The second-order valence-electron chi connectivity index (χ2n) is 7.50. The second kappa shape index (κ2) is 9.66. The minimum absolute atomic E-state index is 0.255. The van der Waals surface area contributed by atoms with Crippen LogP contribution in [0, 0.1) is 0 Å². The van der Waals surface area contributed by atoms with Gasteiger partial charge in [-0.15, -0.1) is 11.3 Å². The SMILES string of the molecule is CCCOc1c[n+](C=C2C(=O)Nc3cc(Cl)c(-c4ccc(OCc5cncs5)cc4)cc32)on1. The van der Waals surface area contributed by atoms with Gasteiger partial charge in [-0.1, -0.05) is 35.3 Å². The van der Waals surface area contributed by atoms with Crippen molar-refractivity contribution in [3.8, 4) is 22.8 Å². The van der Waals surface area contributed by atoms with E-state index in [1.807, 2.05) is 37.3 Å². The van der Waals surface area contributed by atoms with Crippen molar-refractivity contribution >= 4 is 46.3 Å². The number of hydrogen-bond acceptors (Lipinski definition) is 7. The molecule has 1 N–H and O–H groups in total. The predicted molar refractivity (Wildman–Crippen MR) is 129 cm³/mol. The average molecular weight is 496 g/mol. The van der Waals surface area contributed by atoms with Crippen molar-refractivity contribution in [2.24, 2.45) is 0 Å². The summed E-state index contributed by atoms with van der Waals surface area (Å²) in [5.41, 5.74) is 5.26. The van der Waals surface area contributed by atoms with Gasteiger partial charge < -0.3 is 14.8 Å². The van der Waals surface area contributed by atoms with E-state index in [1.54, 1.807) is 41.5 Å². The number of ether oxygens (including phenoxy) is 2. The average Bonchev–Trinajstić information content (AvgIpc) is 3.58. The van der Waals surface area contributed by atoms with Crippen molar-refractivity contribution in [2.75, 3.05) is 11.9 Å². The van der Waals surface area contributed by atoms with Crippen LogP contribution in [-0.2, 0) is 11.4 Å². The summed E-state index contributed by atoms with van der Waals surface area (Å²) in [5.74, 6) is 0.844. The maximum Gasteiger partial charge on any atom is 0.420 e. The van der Waals surface area contributed by atoms with E-state index in [4.69, 9.17) is 25.7 Å². The topological polar surface area (TPSA) is 90.4 Å². The van der Waals surface area contributed by atoms with E-state index in [0.717, 1.165) is 33.7 Å². The smallest absolute Gasteiger partial charge is 0.420 e. The van der Waals surface area contributed by atoms with E-state index >= 15 is 0 Å². The Morgan fingerprint density at radius 3 is 2.82 bits per heavy atom. The van der Waals surface area contributed by atoms with E-state index in [0.29, 0.717) is 35.4 Å². The Bertz CT molecular complexity index is 1350.